The van der Waals surface area contributed by atoms with Crippen molar-refractivity contribution in [3.05, 3.63) is 26.5 Å². The van der Waals surface area contributed by atoms with E-state index in [-0.39, 0.29) is 10.7 Å². The van der Waals surface area contributed by atoms with Gasteiger partial charge in [0.05, 0.1) is 5.02 Å². The summed E-state index contributed by atoms with van der Waals surface area (Å²) in [5, 5.41) is 8.73. The summed E-state index contributed by atoms with van der Waals surface area (Å²) < 4.78 is 0.691. The van der Waals surface area contributed by atoms with Crippen molar-refractivity contribution in [2.45, 2.75) is 0 Å². The Morgan fingerprint density at radius 1 is 1.73 bits per heavy atom. The Bertz CT molecular complexity index is 303. The molecule has 0 fully saturated rings. The van der Waals surface area contributed by atoms with Crippen LogP contribution >= 0.6 is 34.2 Å². The summed E-state index contributed by atoms with van der Waals surface area (Å²) in [7, 11) is 0. The zero-order valence-corrected chi connectivity index (χ0v) is 8.13. The summed E-state index contributed by atoms with van der Waals surface area (Å²) in [6, 6.07) is 1.65. The molecular formula is C6H3ClINO2. The monoisotopic (exact) mass is 283 g/mol. The van der Waals surface area contributed by atoms with Crippen LogP contribution in [0.2, 0.25) is 5.02 Å². The normalized spacial score (nSPS) is 9.64. The third-order valence-corrected chi connectivity index (χ3v) is 2.65. The Labute approximate surface area is 81.5 Å². The largest absolute Gasteiger partial charge is 0.476 e. The minimum atomic E-state index is -1.10. The number of nitrogens with zero attached hydrogens (tertiary/aromatic N) is 1. The molecule has 0 aromatic carbocycles. The summed E-state index contributed by atoms with van der Waals surface area (Å²) in [4.78, 5) is 14.0. The molecule has 0 bridgehead atoms. The molecule has 0 aliphatic carbocycles. The van der Waals surface area contributed by atoms with Gasteiger partial charge in [-0.1, -0.05) is 11.6 Å². The standard InChI is InChI=1S/C6H3ClINO2/c7-4-3(8)1-2-9-5(4)6(10)11/h1-2H,(H,10,11). The van der Waals surface area contributed by atoms with E-state index in [2.05, 4.69) is 4.98 Å². The highest BCUT2D eigenvalue weighted by atomic mass is 127. The number of carboxylic acid groups (broad SMARTS) is 1. The van der Waals surface area contributed by atoms with E-state index in [1.54, 1.807) is 6.07 Å². The number of pyridine rings is 1. The molecule has 0 saturated carbocycles. The first-order chi connectivity index (χ1) is 5.13. The second-order valence-corrected chi connectivity index (χ2v) is 3.30. The molecule has 11 heavy (non-hydrogen) atoms. The minimum Gasteiger partial charge on any atom is -0.476 e. The van der Waals surface area contributed by atoms with Gasteiger partial charge in [0.25, 0.3) is 0 Å². The molecular weight excluding hydrogens is 280 g/mol. The average molecular weight is 283 g/mol. The number of hydrogen-bond acceptors (Lipinski definition) is 2. The van der Waals surface area contributed by atoms with E-state index in [0.29, 0.717) is 3.57 Å². The van der Waals surface area contributed by atoms with Gasteiger partial charge in [-0.2, -0.15) is 0 Å². The number of halogens is 2. The van der Waals surface area contributed by atoms with Crippen molar-refractivity contribution in [3.63, 3.8) is 0 Å². The molecule has 0 aliphatic heterocycles. The highest BCUT2D eigenvalue weighted by Gasteiger charge is 2.11. The van der Waals surface area contributed by atoms with Gasteiger partial charge in [0.2, 0.25) is 0 Å². The maximum atomic E-state index is 10.4. The molecule has 0 amide bonds. The third-order valence-electron chi connectivity index (χ3n) is 1.04. The molecule has 0 saturated heterocycles. The molecule has 0 atom stereocenters. The molecule has 1 N–H and O–H groups in total. The van der Waals surface area contributed by atoms with E-state index < -0.39 is 5.97 Å². The molecule has 0 aliphatic rings. The molecule has 1 rings (SSSR count). The maximum Gasteiger partial charge on any atom is 0.356 e. The van der Waals surface area contributed by atoms with Crippen LogP contribution in [0.4, 0.5) is 0 Å². The van der Waals surface area contributed by atoms with Crippen molar-refractivity contribution in [1.82, 2.24) is 4.98 Å². The van der Waals surface area contributed by atoms with Gasteiger partial charge in [-0.15, -0.1) is 0 Å². The van der Waals surface area contributed by atoms with Gasteiger partial charge in [0, 0.05) is 9.77 Å². The lowest BCUT2D eigenvalue weighted by Crippen LogP contribution is -2.01. The van der Waals surface area contributed by atoms with Crippen molar-refractivity contribution in [2.24, 2.45) is 0 Å². The number of carbonyl (C=O) groups is 1. The van der Waals surface area contributed by atoms with Gasteiger partial charge < -0.3 is 5.11 Å². The highest BCUT2D eigenvalue weighted by Crippen LogP contribution is 2.20. The van der Waals surface area contributed by atoms with Crippen molar-refractivity contribution in [3.8, 4) is 0 Å². The number of carboxylic acids is 1. The second kappa shape index (κ2) is 3.36. The first kappa shape index (κ1) is 8.73. The van der Waals surface area contributed by atoms with E-state index in [1.165, 1.54) is 6.20 Å². The Morgan fingerprint density at radius 3 is 2.82 bits per heavy atom. The zero-order valence-electron chi connectivity index (χ0n) is 5.21. The molecule has 0 spiro atoms. The van der Waals surface area contributed by atoms with E-state index >= 15 is 0 Å². The van der Waals surface area contributed by atoms with Crippen LogP contribution in [0.5, 0.6) is 0 Å². The predicted molar refractivity (Wildman–Crippen MR) is 48.9 cm³/mol. The van der Waals surface area contributed by atoms with Crippen molar-refractivity contribution in [2.75, 3.05) is 0 Å². The summed E-state index contributed by atoms with van der Waals surface area (Å²) in [5.74, 6) is -1.10. The van der Waals surface area contributed by atoms with Crippen LogP contribution in [-0.4, -0.2) is 16.1 Å². The van der Waals surface area contributed by atoms with E-state index in [4.69, 9.17) is 16.7 Å². The van der Waals surface area contributed by atoms with Gasteiger partial charge in [-0.05, 0) is 28.7 Å². The van der Waals surface area contributed by atoms with Crippen LogP contribution in [-0.2, 0) is 0 Å². The molecule has 1 heterocycles. The van der Waals surface area contributed by atoms with Crippen LogP contribution in [0.25, 0.3) is 0 Å². The molecule has 58 valence electrons. The summed E-state index contributed by atoms with van der Waals surface area (Å²) in [5.41, 5.74) is -0.0985. The number of rotatable bonds is 1. The number of aromatic nitrogens is 1. The summed E-state index contributed by atoms with van der Waals surface area (Å²) in [6.45, 7) is 0. The van der Waals surface area contributed by atoms with Crippen molar-refractivity contribution in [1.29, 1.82) is 0 Å². The molecule has 0 radical (unpaired) electrons. The van der Waals surface area contributed by atoms with Crippen molar-refractivity contribution >= 4 is 40.2 Å². The molecule has 1 aromatic heterocycles. The van der Waals surface area contributed by atoms with Gasteiger partial charge in [0.1, 0.15) is 0 Å². The smallest absolute Gasteiger partial charge is 0.356 e. The van der Waals surface area contributed by atoms with Crippen LogP contribution in [0.15, 0.2) is 12.3 Å². The summed E-state index contributed by atoms with van der Waals surface area (Å²) >= 11 is 7.59. The number of aromatic carboxylic acids is 1. The van der Waals surface area contributed by atoms with Crippen LogP contribution in [0.1, 0.15) is 10.5 Å². The van der Waals surface area contributed by atoms with Crippen LogP contribution in [0, 0.1) is 3.57 Å². The summed E-state index contributed by atoms with van der Waals surface area (Å²) in [6.07, 6.45) is 1.41. The Kier molecular flexibility index (Phi) is 2.67. The van der Waals surface area contributed by atoms with E-state index in [1.807, 2.05) is 22.6 Å². The highest BCUT2D eigenvalue weighted by molar-refractivity contribution is 14.1. The Hall–Kier alpha value is -0.360. The molecule has 1 aromatic rings. The van der Waals surface area contributed by atoms with Gasteiger partial charge in [-0.3, -0.25) is 0 Å². The molecule has 3 nitrogen and oxygen atoms in total. The van der Waals surface area contributed by atoms with Gasteiger partial charge in [0.15, 0.2) is 5.69 Å². The first-order valence-electron chi connectivity index (χ1n) is 2.66. The quantitative estimate of drug-likeness (QED) is 0.802. The first-order valence-corrected chi connectivity index (χ1v) is 4.12. The maximum absolute atomic E-state index is 10.4. The molecule has 0 unspecified atom stereocenters. The fourth-order valence-electron chi connectivity index (χ4n) is 0.569. The lowest BCUT2D eigenvalue weighted by atomic mass is 10.3. The van der Waals surface area contributed by atoms with Gasteiger partial charge >= 0.3 is 5.97 Å². The van der Waals surface area contributed by atoms with Crippen LogP contribution < -0.4 is 0 Å². The minimum absolute atomic E-state index is 0.0985. The Balaban J connectivity index is 3.27. The second-order valence-electron chi connectivity index (χ2n) is 1.76. The van der Waals surface area contributed by atoms with Crippen molar-refractivity contribution < 1.29 is 9.90 Å². The zero-order chi connectivity index (χ0) is 8.43. The average Bonchev–Trinajstić information content (AvgIpc) is 1.94. The fraction of sp³-hybridized carbons (Fsp3) is 0. The predicted octanol–water partition coefficient (Wildman–Crippen LogP) is 2.04. The molecule has 5 heteroatoms. The van der Waals surface area contributed by atoms with Gasteiger partial charge in [-0.25, -0.2) is 9.78 Å². The SMILES string of the molecule is O=C(O)c1nccc(I)c1Cl. The Morgan fingerprint density at radius 2 is 2.36 bits per heavy atom. The fourth-order valence-corrected chi connectivity index (χ4v) is 1.18. The topological polar surface area (TPSA) is 50.2 Å². The lowest BCUT2D eigenvalue weighted by Gasteiger charge is -1.97. The van der Waals surface area contributed by atoms with E-state index in [0.717, 1.165) is 0 Å². The number of hydrogen-bond donors (Lipinski definition) is 1. The lowest BCUT2D eigenvalue weighted by molar-refractivity contribution is 0.0690. The third kappa shape index (κ3) is 1.81. The van der Waals surface area contributed by atoms with Crippen LogP contribution in [0.3, 0.4) is 0 Å². The van der Waals surface area contributed by atoms with E-state index in [9.17, 15) is 4.79 Å².